The fourth-order valence-electron chi connectivity index (χ4n) is 4.49. The van der Waals surface area contributed by atoms with Gasteiger partial charge in [-0.1, -0.05) is 42.5 Å². The normalized spacial score (nSPS) is 15.7. The molecule has 2 aromatic heterocycles. The predicted octanol–water partition coefficient (Wildman–Crippen LogP) is 4.22. The average molecular weight is 382 g/mol. The van der Waals surface area contributed by atoms with E-state index in [0.717, 1.165) is 61.6 Å². The van der Waals surface area contributed by atoms with Crippen LogP contribution in [-0.4, -0.2) is 52.3 Å². The second kappa shape index (κ2) is 6.79. The van der Waals surface area contributed by atoms with Crippen molar-refractivity contribution in [3.8, 4) is 0 Å². The average Bonchev–Trinajstić information content (AvgIpc) is 3.09. The lowest BCUT2D eigenvalue weighted by Gasteiger charge is -2.26. The lowest BCUT2D eigenvalue weighted by molar-refractivity contribution is 0.0366. The molecule has 1 fully saturated rings. The van der Waals surface area contributed by atoms with Gasteiger partial charge in [0.25, 0.3) is 0 Å². The second-order valence-electron chi connectivity index (χ2n) is 7.67. The zero-order chi connectivity index (χ0) is 19.2. The summed E-state index contributed by atoms with van der Waals surface area (Å²) in [5.74, 6) is 0. The molecule has 0 saturated carbocycles. The van der Waals surface area contributed by atoms with Crippen LogP contribution in [0.5, 0.6) is 0 Å². The first kappa shape index (κ1) is 16.9. The van der Waals surface area contributed by atoms with E-state index in [0.29, 0.717) is 0 Å². The Labute approximate surface area is 168 Å². The van der Waals surface area contributed by atoms with Crippen LogP contribution in [0.4, 0.5) is 0 Å². The molecule has 144 valence electrons. The van der Waals surface area contributed by atoms with Gasteiger partial charge in [0.05, 0.1) is 29.8 Å². The standard InChI is InChI=1S/C24H22N4O/c1-2-6-18-17(5-1)9-10-21-22(18)23-24(26-20-8-4-3-7-19(20)25-23)28(21)12-11-27-13-15-29-16-14-27/h1-10H,11-16H2. The van der Waals surface area contributed by atoms with Crippen molar-refractivity contribution in [1.29, 1.82) is 0 Å². The first-order valence-corrected chi connectivity index (χ1v) is 10.2. The maximum Gasteiger partial charge on any atom is 0.160 e. The van der Waals surface area contributed by atoms with Crippen LogP contribution >= 0.6 is 0 Å². The van der Waals surface area contributed by atoms with Crippen LogP contribution in [0.2, 0.25) is 0 Å². The number of fused-ring (bicyclic) bond motifs is 6. The topological polar surface area (TPSA) is 43.2 Å². The van der Waals surface area contributed by atoms with Gasteiger partial charge in [0.15, 0.2) is 5.65 Å². The molecule has 1 aliphatic heterocycles. The van der Waals surface area contributed by atoms with E-state index in [4.69, 9.17) is 14.7 Å². The van der Waals surface area contributed by atoms with Crippen LogP contribution < -0.4 is 0 Å². The Kier molecular flexibility index (Phi) is 3.96. The summed E-state index contributed by atoms with van der Waals surface area (Å²) < 4.78 is 7.86. The number of ether oxygens (including phenoxy) is 1. The molecule has 5 nitrogen and oxygen atoms in total. The lowest BCUT2D eigenvalue weighted by atomic mass is 10.1. The number of morpholine rings is 1. The molecule has 0 spiro atoms. The fraction of sp³-hybridized carbons (Fsp3) is 0.250. The summed E-state index contributed by atoms with van der Waals surface area (Å²) in [6.45, 7) is 5.52. The van der Waals surface area contributed by atoms with Gasteiger partial charge in [-0.15, -0.1) is 0 Å². The van der Waals surface area contributed by atoms with Gasteiger partial charge in [0.2, 0.25) is 0 Å². The third-order valence-corrected chi connectivity index (χ3v) is 5.99. The third-order valence-electron chi connectivity index (χ3n) is 5.99. The summed E-state index contributed by atoms with van der Waals surface area (Å²) in [5.41, 5.74) is 5.07. The summed E-state index contributed by atoms with van der Waals surface area (Å²) in [5, 5.41) is 3.69. The van der Waals surface area contributed by atoms with E-state index in [1.165, 1.54) is 21.7 Å². The van der Waals surface area contributed by atoms with Crippen molar-refractivity contribution in [2.75, 3.05) is 32.8 Å². The van der Waals surface area contributed by atoms with Crippen molar-refractivity contribution in [3.05, 3.63) is 60.7 Å². The number of para-hydroxylation sites is 2. The van der Waals surface area contributed by atoms with Crippen molar-refractivity contribution in [1.82, 2.24) is 19.4 Å². The molecule has 3 aromatic carbocycles. The Hall–Kier alpha value is -3.02. The number of nitrogens with zero attached hydrogens (tertiary/aromatic N) is 4. The van der Waals surface area contributed by atoms with E-state index in [1.807, 2.05) is 24.3 Å². The Bertz CT molecular complexity index is 1350. The lowest BCUT2D eigenvalue weighted by Crippen LogP contribution is -2.38. The maximum atomic E-state index is 5.50. The molecule has 0 unspecified atom stereocenters. The SMILES string of the molecule is c1ccc2c(c1)ccc1c2c2nc3ccccc3nc2n1CCN1CCOCC1. The largest absolute Gasteiger partial charge is 0.379 e. The molecule has 1 saturated heterocycles. The zero-order valence-corrected chi connectivity index (χ0v) is 16.2. The monoisotopic (exact) mass is 382 g/mol. The second-order valence-corrected chi connectivity index (χ2v) is 7.67. The van der Waals surface area contributed by atoms with Gasteiger partial charge < -0.3 is 9.30 Å². The van der Waals surface area contributed by atoms with Gasteiger partial charge in [0.1, 0.15) is 5.52 Å². The molecule has 6 rings (SSSR count). The highest BCUT2D eigenvalue weighted by atomic mass is 16.5. The fourth-order valence-corrected chi connectivity index (χ4v) is 4.49. The van der Waals surface area contributed by atoms with E-state index in [1.54, 1.807) is 0 Å². The summed E-state index contributed by atoms with van der Waals surface area (Å²) in [4.78, 5) is 12.6. The minimum absolute atomic E-state index is 0.822. The molecule has 29 heavy (non-hydrogen) atoms. The van der Waals surface area contributed by atoms with Crippen LogP contribution in [0, 0.1) is 0 Å². The Morgan fingerprint density at radius 3 is 2.41 bits per heavy atom. The van der Waals surface area contributed by atoms with Crippen LogP contribution in [0.15, 0.2) is 60.7 Å². The van der Waals surface area contributed by atoms with E-state index >= 15 is 0 Å². The molecule has 0 N–H and O–H groups in total. The molecule has 0 bridgehead atoms. The maximum absolute atomic E-state index is 5.50. The first-order valence-electron chi connectivity index (χ1n) is 10.2. The quantitative estimate of drug-likeness (QED) is 0.469. The summed E-state index contributed by atoms with van der Waals surface area (Å²) in [7, 11) is 0. The van der Waals surface area contributed by atoms with Crippen molar-refractivity contribution in [3.63, 3.8) is 0 Å². The highest BCUT2D eigenvalue weighted by molar-refractivity contribution is 6.19. The molecular formula is C24H22N4O. The smallest absolute Gasteiger partial charge is 0.160 e. The zero-order valence-electron chi connectivity index (χ0n) is 16.2. The highest BCUT2D eigenvalue weighted by Crippen LogP contribution is 2.34. The summed E-state index contributed by atoms with van der Waals surface area (Å²) >= 11 is 0. The third kappa shape index (κ3) is 2.77. The van der Waals surface area contributed by atoms with Crippen LogP contribution in [0.1, 0.15) is 0 Å². The van der Waals surface area contributed by atoms with E-state index < -0.39 is 0 Å². The summed E-state index contributed by atoms with van der Waals surface area (Å²) in [6.07, 6.45) is 0. The van der Waals surface area contributed by atoms with Gasteiger partial charge >= 0.3 is 0 Å². The molecule has 0 aliphatic carbocycles. The Morgan fingerprint density at radius 1 is 0.793 bits per heavy atom. The molecule has 1 aliphatic rings. The molecule has 5 aromatic rings. The number of aromatic nitrogens is 3. The van der Waals surface area contributed by atoms with Crippen molar-refractivity contribution in [2.24, 2.45) is 0 Å². The molecule has 0 amide bonds. The Morgan fingerprint density at radius 2 is 1.55 bits per heavy atom. The van der Waals surface area contributed by atoms with Gasteiger partial charge in [0, 0.05) is 31.6 Å². The minimum Gasteiger partial charge on any atom is -0.379 e. The van der Waals surface area contributed by atoms with Gasteiger partial charge in [-0.2, -0.15) is 0 Å². The highest BCUT2D eigenvalue weighted by Gasteiger charge is 2.18. The number of rotatable bonds is 3. The van der Waals surface area contributed by atoms with E-state index in [9.17, 15) is 0 Å². The van der Waals surface area contributed by atoms with Crippen LogP contribution in [0.3, 0.4) is 0 Å². The molecule has 5 heteroatoms. The number of hydrogen-bond donors (Lipinski definition) is 0. The molecular weight excluding hydrogens is 360 g/mol. The molecule has 3 heterocycles. The van der Waals surface area contributed by atoms with Crippen molar-refractivity contribution >= 4 is 43.9 Å². The predicted molar refractivity (Wildman–Crippen MR) is 117 cm³/mol. The number of hydrogen-bond acceptors (Lipinski definition) is 4. The van der Waals surface area contributed by atoms with Crippen LogP contribution in [-0.2, 0) is 11.3 Å². The first-order chi connectivity index (χ1) is 14.4. The molecule has 0 atom stereocenters. The molecule has 0 radical (unpaired) electrons. The van der Waals surface area contributed by atoms with Crippen molar-refractivity contribution in [2.45, 2.75) is 6.54 Å². The summed E-state index contributed by atoms with van der Waals surface area (Å²) in [6, 6.07) is 21.1. The van der Waals surface area contributed by atoms with Gasteiger partial charge in [-0.3, -0.25) is 4.90 Å². The number of benzene rings is 3. The van der Waals surface area contributed by atoms with Crippen molar-refractivity contribution < 1.29 is 4.74 Å². The van der Waals surface area contributed by atoms with Gasteiger partial charge in [-0.05, 0) is 29.0 Å². The van der Waals surface area contributed by atoms with Gasteiger partial charge in [-0.25, -0.2) is 9.97 Å². The van der Waals surface area contributed by atoms with E-state index in [2.05, 4.69) is 45.9 Å². The minimum atomic E-state index is 0.822. The Balaban J connectivity index is 1.61. The van der Waals surface area contributed by atoms with Crippen LogP contribution in [0.25, 0.3) is 43.9 Å². The van der Waals surface area contributed by atoms with E-state index in [-0.39, 0.29) is 0 Å².